The second-order valence-corrected chi connectivity index (χ2v) is 9.12. The summed E-state index contributed by atoms with van der Waals surface area (Å²) in [6.45, 7) is 10.8. The monoisotopic (exact) mass is 336 g/mol. The van der Waals surface area contributed by atoms with Crippen LogP contribution in [0.3, 0.4) is 0 Å². The summed E-state index contributed by atoms with van der Waals surface area (Å²) < 4.78 is 5.57. The Kier molecular flexibility index (Phi) is 4.81. The number of nitrogens with one attached hydrogen (secondary N) is 1. The summed E-state index contributed by atoms with van der Waals surface area (Å²) in [7, 11) is 0. The summed E-state index contributed by atoms with van der Waals surface area (Å²) in [5.74, 6) is 0.134. The maximum absolute atomic E-state index is 12.6. The molecule has 2 aliphatic rings. The lowest BCUT2D eigenvalue weighted by molar-refractivity contribution is -0.123. The van der Waals surface area contributed by atoms with Gasteiger partial charge in [0.25, 0.3) is 0 Å². The molecule has 1 amide bonds. The van der Waals surface area contributed by atoms with Crippen LogP contribution < -0.4 is 5.32 Å². The third-order valence-electron chi connectivity index (χ3n) is 5.07. The van der Waals surface area contributed by atoms with E-state index >= 15 is 0 Å². The van der Waals surface area contributed by atoms with E-state index in [-0.39, 0.29) is 17.4 Å². The molecular weight excluding hydrogens is 308 g/mol. The molecule has 4 nitrogen and oxygen atoms in total. The Morgan fingerprint density at radius 3 is 2.91 bits per heavy atom. The van der Waals surface area contributed by atoms with E-state index in [2.05, 4.69) is 48.5 Å². The molecule has 2 atom stereocenters. The van der Waals surface area contributed by atoms with Gasteiger partial charge >= 0.3 is 0 Å². The Bertz CT molecular complexity index is 530. The normalized spacial score (nSPS) is 26.7. The molecule has 0 aliphatic carbocycles. The number of amides is 1. The van der Waals surface area contributed by atoms with E-state index in [1.165, 1.54) is 4.88 Å². The quantitative estimate of drug-likeness (QED) is 0.919. The van der Waals surface area contributed by atoms with Gasteiger partial charge in [-0.05, 0) is 36.2 Å². The molecule has 2 fully saturated rings. The van der Waals surface area contributed by atoms with Crippen LogP contribution in [0.1, 0.15) is 44.5 Å². The van der Waals surface area contributed by atoms with Gasteiger partial charge in [0.05, 0.1) is 19.2 Å². The molecule has 0 unspecified atom stereocenters. The van der Waals surface area contributed by atoms with Gasteiger partial charge in [-0.3, -0.25) is 9.69 Å². The topological polar surface area (TPSA) is 41.6 Å². The van der Waals surface area contributed by atoms with Crippen LogP contribution in [0.25, 0.3) is 0 Å². The van der Waals surface area contributed by atoms with Gasteiger partial charge < -0.3 is 10.1 Å². The number of hydrogen-bond donors (Lipinski definition) is 1. The van der Waals surface area contributed by atoms with Crippen molar-refractivity contribution in [2.75, 3.05) is 32.8 Å². The molecule has 23 heavy (non-hydrogen) atoms. The molecule has 1 spiro atoms. The first kappa shape index (κ1) is 16.9. The van der Waals surface area contributed by atoms with Gasteiger partial charge in [-0.25, -0.2) is 0 Å². The van der Waals surface area contributed by atoms with Crippen LogP contribution in [0.4, 0.5) is 0 Å². The van der Waals surface area contributed by atoms with E-state index in [1.54, 1.807) is 11.3 Å². The lowest BCUT2D eigenvalue weighted by Gasteiger charge is -2.31. The van der Waals surface area contributed by atoms with Gasteiger partial charge in [0.2, 0.25) is 5.91 Å². The molecule has 0 bridgehead atoms. The molecule has 2 saturated heterocycles. The highest BCUT2D eigenvalue weighted by atomic mass is 32.1. The number of carbonyl (C=O) groups excluding carboxylic acids is 1. The molecule has 1 N–H and O–H groups in total. The van der Waals surface area contributed by atoms with Crippen molar-refractivity contribution in [3.8, 4) is 0 Å². The Labute approximate surface area is 143 Å². The van der Waals surface area contributed by atoms with E-state index < -0.39 is 0 Å². The highest BCUT2D eigenvalue weighted by molar-refractivity contribution is 7.10. The number of thiophene rings is 1. The highest BCUT2D eigenvalue weighted by Gasteiger charge is 2.41. The highest BCUT2D eigenvalue weighted by Crippen LogP contribution is 2.38. The maximum atomic E-state index is 12.6. The molecule has 3 heterocycles. The van der Waals surface area contributed by atoms with E-state index in [9.17, 15) is 4.79 Å². The number of carbonyl (C=O) groups is 1. The fourth-order valence-corrected chi connectivity index (χ4v) is 4.73. The minimum atomic E-state index is 0.00599. The van der Waals surface area contributed by atoms with Gasteiger partial charge in [0, 0.05) is 23.4 Å². The first-order valence-corrected chi connectivity index (χ1v) is 9.39. The Morgan fingerprint density at radius 1 is 1.48 bits per heavy atom. The van der Waals surface area contributed by atoms with Crippen molar-refractivity contribution in [2.24, 2.45) is 10.8 Å². The number of hydrogen-bond acceptors (Lipinski definition) is 4. The van der Waals surface area contributed by atoms with Crippen molar-refractivity contribution >= 4 is 17.2 Å². The van der Waals surface area contributed by atoms with Crippen LogP contribution in [-0.2, 0) is 9.53 Å². The molecule has 3 rings (SSSR count). The smallest absolute Gasteiger partial charge is 0.234 e. The molecule has 1 aromatic heterocycles. The van der Waals surface area contributed by atoms with E-state index in [4.69, 9.17) is 4.74 Å². The van der Waals surface area contributed by atoms with Crippen LogP contribution in [0.5, 0.6) is 0 Å². The third-order valence-corrected chi connectivity index (χ3v) is 6.01. The lowest BCUT2D eigenvalue weighted by Crippen LogP contribution is -2.42. The standard InChI is InChI=1S/C18H28N2O2S/c1-17(2,3)16(14-5-4-10-23-14)19-15(21)11-20-8-6-18(12-20)7-9-22-13-18/h4-5,10,16H,6-9,11-13H2,1-3H3,(H,19,21)/t16-,18-/m1/s1. The van der Waals surface area contributed by atoms with Crippen LogP contribution >= 0.6 is 11.3 Å². The zero-order valence-electron chi connectivity index (χ0n) is 14.4. The molecule has 0 saturated carbocycles. The summed E-state index contributed by atoms with van der Waals surface area (Å²) >= 11 is 1.71. The number of ether oxygens (including phenoxy) is 1. The van der Waals surface area contributed by atoms with Gasteiger partial charge in [-0.1, -0.05) is 26.8 Å². The van der Waals surface area contributed by atoms with Crippen molar-refractivity contribution in [3.05, 3.63) is 22.4 Å². The predicted octanol–water partition coefficient (Wildman–Crippen LogP) is 3.06. The molecule has 128 valence electrons. The minimum absolute atomic E-state index is 0.00599. The maximum Gasteiger partial charge on any atom is 0.234 e. The first-order chi connectivity index (χ1) is 10.9. The van der Waals surface area contributed by atoms with Gasteiger partial charge in [0.15, 0.2) is 0 Å². The van der Waals surface area contributed by atoms with Crippen molar-refractivity contribution in [1.82, 2.24) is 10.2 Å². The van der Waals surface area contributed by atoms with Crippen molar-refractivity contribution in [2.45, 2.75) is 39.7 Å². The number of nitrogens with zero attached hydrogens (tertiary/aromatic N) is 1. The average molecular weight is 337 g/mol. The minimum Gasteiger partial charge on any atom is -0.381 e. The van der Waals surface area contributed by atoms with Crippen LogP contribution in [-0.4, -0.2) is 43.7 Å². The Hall–Kier alpha value is -0.910. The average Bonchev–Trinajstić information content (AvgIpc) is 3.19. The Balaban J connectivity index is 1.58. The molecule has 0 aromatic carbocycles. The zero-order valence-corrected chi connectivity index (χ0v) is 15.2. The summed E-state index contributed by atoms with van der Waals surface area (Å²) in [6.07, 6.45) is 2.30. The fourth-order valence-electron chi connectivity index (χ4n) is 3.71. The third kappa shape index (κ3) is 3.95. The molecule has 5 heteroatoms. The summed E-state index contributed by atoms with van der Waals surface area (Å²) in [6, 6.07) is 4.23. The number of likely N-dealkylation sites (tertiary alicyclic amines) is 1. The van der Waals surface area contributed by atoms with E-state index in [0.717, 1.165) is 39.1 Å². The predicted molar refractivity (Wildman–Crippen MR) is 93.6 cm³/mol. The van der Waals surface area contributed by atoms with Crippen LogP contribution in [0.2, 0.25) is 0 Å². The van der Waals surface area contributed by atoms with Crippen molar-refractivity contribution in [3.63, 3.8) is 0 Å². The summed E-state index contributed by atoms with van der Waals surface area (Å²) in [5, 5.41) is 5.34. The molecule has 1 aromatic rings. The molecule has 0 radical (unpaired) electrons. The zero-order chi connectivity index (χ0) is 16.5. The van der Waals surface area contributed by atoms with Gasteiger partial charge in [-0.15, -0.1) is 11.3 Å². The second kappa shape index (κ2) is 6.54. The second-order valence-electron chi connectivity index (χ2n) is 8.15. The van der Waals surface area contributed by atoms with E-state index in [0.29, 0.717) is 12.0 Å². The largest absolute Gasteiger partial charge is 0.381 e. The summed E-state index contributed by atoms with van der Waals surface area (Å²) in [4.78, 5) is 16.1. The molecular formula is C18H28N2O2S. The summed E-state index contributed by atoms with van der Waals surface area (Å²) in [5.41, 5.74) is 0.323. The van der Waals surface area contributed by atoms with Crippen LogP contribution in [0, 0.1) is 10.8 Å². The lowest BCUT2D eigenvalue weighted by atomic mass is 9.85. The van der Waals surface area contributed by atoms with Gasteiger partial charge in [0.1, 0.15) is 0 Å². The number of rotatable bonds is 4. The van der Waals surface area contributed by atoms with Gasteiger partial charge in [-0.2, -0.15) is 0 Å². The van der Waals surface area contributed by atoms with Crippen LogP contribution in [0.15, 0.2) is 17.5 Å². The first-order valence-electron chi connectivity index (χ1n) is 8.51. The van der Waals surface area contributed by atoms with Crippen molar-refractivity contribution < 1.29 is 9.53 Å². The van der Waals surface area contributed by atoms with Crippen molar-refractivity contribution in [1.29, 1.82) is 0 Å². The SMILES string of the molecule is CC(C)(C)[C@H](NC(=O)CN1CC[C@@]2(CCOC2)C1)c1cccs1. The van der Waals surface area contributed by atoms with E-state index in [1.807, 2.05) is 0 Å². The molecule has 2 aliphatic heterocycles. The Morgan fingerprint density at radius 2 is 2.30 bits per heavy atom. The fraction of sp³-hybridized carbons (Fsp3) is 0.722.